The lowest BCUT2D eigenvalue weighted by molar-refractivity contribution is -0.141. The summed E-state index contributed by atoms with van der Waals surface area (Å²) in [7, 11) is 1.50. The number of hydrogen-bond acceptors (Lipinski definition) is 7. The molecule has 0 saturated heterocycles. The van der Waals surface area contributed by atoms with Gasteiger partial charge in [-0.05, 0) is 42.2 Å². The van der Waals surface area contributed by atoms with Gasteiger partial charge in [0.2, 0.25) is 0 Å². The number of nitrogens with one attached hydrogen (secondary N) is 2. The summed E-state index contributed by atoms with van der Waals surface area (Å²) < 4.78 is 45.0. The van der Waals surface area contributed by atoms with Crippen molar-refractivity contribution in [3.63, 3.8) is 0 Å². The smallest absolute Gasteiger partial charge is 0.435 e. The molecule has 2 aromatic carbocycles. The molecule has 0 spiro atoms. The minimum absolute atomic E-state index is 0.0903. The Morgan fingerprint density at radius 3 is 2.48 bits per heavy atom. The minimum Gasteiger partial charge on any atom is -0.483 e. The highest BCUT2D eigenvalue weighted by molar-refractivity contribution is 6.34. The van der Waals surface area contributed by atoms with Crippen LogP contribution in [0.2, 0.25) is 5.02 Å². The number of benzene rings is 2. The molecule has 11 nitrogen and oxygen atoms in total. The molecule has 5 N–H and O–H groups in total. The summed E-state index contributed by atoms with van der Waals surface area (Å²) in [5.41, 5.74) is 7.99. The molecule has 3 aromatic heterocycles. The number of carboxylic acid groups (broad SMARTS) is 1. The van der Waals surface area contributed by atoms with Gasteiger partial charge in [-0.15, -0.1) is 0 Å². The number of imidazole rings is 1. The van der Waals surface area contributed by atoms with Crippen LogP contribution in [-0.2, 0) is 30.5 Å². The van der Waals surface area contributed by atoms with E-state index < -0.39 is 11.9 Å². The van der Waals surface area contributed by atoms with E-state index in [4.69, 9.17) is 27.2 Å². The Bertz CT molecular complexity index is 1750. The first-order chi connectivity index (χ1) is 21.1. The predicted octanol–water partition coefficient (Wildman–Crippen LogP) is 5.16. The predicted molar refractivity (Wildman–Crippen MR) is 159 cm³/mol. The van der Waals surface area contributed by atoms with Crippen LogP contribution in [0.25, 0.3) is 16.9 Å². The number of aryl methyl sites for hydroxylation is 2. The zero-order chi connectivity index (χ0) is 31.9. The molecule has 1 amide bonds. The van der Waals surface area contributed by atoms with Crippen LogP contribution in [-0.4, -0.2) is 48.7 Å². The van der Waals surface area contributed by atoms with Crippen molar-refractivity contribution in [1.82, 2.24) is 29.5 Å². The van der Waals surface area contributed by atoms with Crippen molar-refractivity contribution >= 4 is 41.1 Å². The maximum Gasteiger partial charge on any atom is 0.435 e. The van der Waals surface area contributed by atoms with Crippen molar-refractivity contribution in [2.75, 3.05) is 12.4 Å². The summed E-state index contributed by atoms with van der Waals surface area (Å²) in [5, 5.41) is 16.6. The molecule has 5 rings (SSSR count). The highest BCUT2D eigenvalue weighted by Gasteiger charge is 2.38. The number of alkyl halides is 3. The number of carbonyl (C=O) groups is 2. The number of aromatic nitrogens is 5. The van der Waals surface area contributed by atoms with Crippen LogP contribution < -0.4 is 16.4 Å². The Morgan fingerprint density at radius 2 is 1.84 bits per heavy atom. The van der Waals surface area contributed by atoms with Crippen molar-refractivity contribution in [2.45, 2.75) is 32.1 Å². The maximum atomic E-state index is 14.1. The standard InChI is InChI=1S/C28H26ClF3N8O.CH2O2/c1-34-27(41)20-9-8-19(13-22(20)29)37-25-26-36-15-23(40(26)12-10-35-25)21-16-39(38-24(21)28(30,31)32)11-2-3-17-4-6-18(14-33)7-5-17;2-1-3/h4-10,12-13,15-16H,2-3,11,14,33H2,1H3,(H,34,41)(H,35,37);1H,(H,2,3). The van der Waals surface area contributed by atoms with E-state index in [9.17, 15) is 18.0 Å². The maximum absolute atomic E-state index is 14.1. The molecule has 44 heavy (non-hydrogen) atoms. The van der Waals surface area contributed by atoms with Gasteiger partial charge in [0.15, 0.2) is 17.2 Å². The summed E-state index contributed by atoms with van der Waals surface area (Å²) >= 11 is 6.25. The largest absolute Gasteiger partial charge is 0.483 e. The molecule has 0 aliphatic heterocycles. The average molecular weight is 629 g/mol. The van der Waals surface area contributed by atoms with Crippen LogP contribution in [0.3, 0.4) is 0 Å². The molecule has 0 aliphatic rings. The molecule has 230 valence electrons. The monoisotopic (exact) mass is 628 g/mol. The molecule has 0 aliphatic carbocycles. The van der Waals surface area contributed by atoms with E-state index in [1.165, 1.54) is 40.9 Å². The highest BCUT2D eigenvalue weighted by atomic mass is 35.5. The molecule has 0 saturated carbocycles. The van der Waals surface area contributed by atoms with Gasteiger partial charge >= 0.3 is 6.18 Å². The number of fused-ring (bicyclic) bond motifs is 1. The second-order valence-corrected chi connectivity index (χ2v) is 9.80. The molecule has 0 atom stereocenters. The molecule has 0 radical (unpaired) electrons. The van der Waals surface area contributed by atoms with Gasteiger partial charge in [-0.3, -0.25) is 18.7 Å². The summed E-state index contributed by atoms with van der Waals surface area (Å²) in [6.07, 6.45) is 2.37. The third-order valence-electron chi connectivity index (χ3n) is 6.55. The Morgan fingerprint density at radius 1 is 1.14 bits per heavy atom. The van der Waals surface area contributed by atoms with Crippen LogP contribution in [0.1, 0.15) is 33.6 Å². The summed E-state index contributed by atoms with van der Waals surface area (Å²) in [6.45, 7) is 0.508. The van der Waals surface area contributed by atoms with Crippen LogP contribution in [0.15, 0.2) is 67.3 Å². The highest BCUT2D eigenvalue weighted by Crippen LogP contribution is 2.37. The van der Waals surface area contributed by atoms with Gasteiger partial charge in [0.1, 0.15) is 0 Å². The summed E-state index contributed by atoms with van der Waals surface area (Å²) in [4.78, 5) is 28.9. The molecular formula is C29H28ClF3N8O3. The van der Waals surface area contributed by atoms with Gasteiger partial charge in [-0.1, -0.05) is 35.9 Å². The van der Waals surface area contributed by atoms with Gasteiger partial charge in [-0.2, -0.15) is 18.3 Å². The van der Waals surface area contributed by atoms with Crippen molar-refractivity contribution in [1.29, 1.82) is 0 Å². The minimum atomic E-state index is -4.67. The molecule has 5 aromatic rings. The van der Waals surface area contributed by atoms with E-state index >= 15 is 0 Å². The summed E-state index contributed by atoms with van der Waals surface area (Å²) in [6, 6.07) is 12.6. The molecule has 0 bridgehead atoms. The zero-order valence-corrected chi connectivity index (χ0v) is 24.1. The number of amides is 1. The van der Waals surface area contributed by atoms with E-state index in [1.807, 2.05) is 24.3 Å². The van der Waals surface area contributed by atoms with Gasteiger partial charge in [0.05, 0.1) is 28.0 Å². The van der Waals surface area contributed by atoms with Crippen LogP contribution in [0.4, 0.5) is 24.7 Å². The summed E-state index contributed by atoms with van der Waals surface area (Å²) in [5.74, 6) is -0.0361. The van der Waals surface area contributed by atoms with Crippen molar-refractivity contribution < 1.29 is 27.9 Å². The lowest BCUT2D eigenvalue weighted by Gasteiger charge is -2.10. The van der Waals surface area contributed by atoms with Crippen molar-refractivity contribution in [3.05, 3.63) is 94.7 Å². The van der Waals surface area contributed by atoms with E-state index in [2.05, 4.69) is 25.7 Å². The van der Waals surface area contributed by atoms with E-state index in [0.29, 0.717) is 48.6 Å². The van der Waals surface area contributed by atoms with Crippen LogP contribution in [0, 0.1) is 0 Å². The second kappa shape index (κ2) is 14.0. The fourth-order valence-corrected chi connectivity index (χ4v) is 4.74. The first kappa shape index (κ1) is 32.0. The Hall–Kier alpha value is -4.95. The topological polar surface area (TPSA) is 152 Å². The van der Waals surface area contributed by atoms with Gasteiger partial charge < -0.3 is 21.5 Å². The van der Waals surface area contributed by atoms with E-state index in [0.717, 1.165) is 11.1 Å². The van der Waals surface area contributed by atoms with Gasteiger partial charge in [0.25, 0.3) is 12.4 Å². The Labute approximate surface area is 254 Å². The number of halogens is 4. The number of carbonyl (C=O) groups excluding carboxylic acids is 1. The average Bonchev–Trinajstić information content (AvgIpc) is 3.63. The quantitative estimate of drug-likeness (QED) is 0.163. The Balaban J connectivity index is 0.00000141. The lowest BCUT2D eigenvalue weighted by atomic mass is 10.1. The van der Waals surface area contributed by atoms with Crippen LogP contribution in [0.5, 0.6) is 0 Å². The number of nitrogens with zero attached hydrogens (tertiary/aromatic N) is 5. The number of anilines is 2. The third kappa shape index (κ3) is 7.33. The van der Waals surface area contributed by atoms with Crippen molar-refractivity contribution in [3.8, 4) is 11.3 Å². The molecular weight excluding hydrogens is 601 g/mol. The SMILES string of the molecule is CNC(=O)c1ccc(Nc2nccn3c(-c4cn(CCCc5ccc(CN)cc5)nc4C(F)(F)F)cnc23)cc1Cl.O=CO. The van der Waals surface area contributed by atoms with E-state index in [-0.39, 0.29) is 28.7 Å². The first-order valence-electron chi connectivity index (χ1n) is 13.2. The van der Waals surface area contributed by atoms with Crippen molar-refractivity contribution in [2.24, 2.45) is 5.73 Å². The fraction of sp³-hybridized carbons (Fsp3) is 0.207. The third-order valence-corrected chi connectivity index (χ3v) is 6.86. The normalized spacial score (nSPS) is 11.1. The van der Waals surface area contributed by atoms with E-state index in [1.54, 1.807) is 18.2 Å². The van der Waals surface area contributed by atoms with Gasteiger partial charge in [-0.25, -0.2) is 9.97 Å². The second-order valence-electron chi connectivity index (χ2n) is 9.39. The lowest BCUT2D eigenvalue weighted by Crippen LogP contribution is -2.18. The molecule has 0 fully saturated rings. The first-order valence-corrected chi connectivity index (χ1v) is 13.6. The number of rotatable bonds is 9. The number of hydrogen-bond donors (Lipinski definition) is 4. The molecule has 15 heteroatoms. The zero-order valence-electron chi connectivity index (χ0n) is 23.3. The molecule has 3 heterocycles. The molecule has 0 unspecified atom stereocenters. The van der Waals surface area contributed by atoms with Gasteiger partial charge in [0, 0.05) is 44.4 Å². The van der Waals surface area contributed by atoms with Crippen LogP contribution >= 0.6 is 11.6 Å². The number of nitrogens with two attached hydrogens (primary N) is 1. The Kier molecular flexibility index (Phi) is 10.2. The fourth-order valence-electron chi connectivity index (χ4n) is 4.47.